The van der Waals surface area contributed by atoms with Gasteiger partial charge < -0.3 is 10.1 Å². The maximum absolute atomic E-state index is 13.6. The number of anilines is 1. The molecule has 6 heterocycles. The maximum Gasteiger partial charge on any atom is 0.334 e. The van der Waals surface area contributed by atoms with E-state index in [0.29, 0.717) is 35.9 Å². The number of carbonyl (C=O) groups is 4. The molecule has 1 atom stereocenters. The number of ether oxygens (including phenoxy) is 1. The van der Waals surface area contributed by atoms with E-state index in [1.807, 2.05) is 37.3 Å². The van der Waals surface area contributed by atoms with Gasteiger partial charge in [-0.3, -0.25) is 52.9 Å². The van der Waals surface area contributed by atoms with Gasteiger partial charge in [0.05, 0.1) is 46.1 Å². The Hall–Kier alpha value is -6.57. The van der Waals surface area contributed by atoms with E-state index < -0.39 is 40.9 Å². The first-order chi connectivity index (χ1) is 30.6. The number of piperidine rings is 1. The second-order valence-electron chi connectivity index (χ2n) is 15.7. The van der Waals surface area contributed by atoms with Crippen LogP contribution in [-0.4, -0.2) is 66.4 Å². The van der Waals surface area contributed by atoms with Gasteiger partial charge in [0, 0.05) is 64.0 Å². The van der Waals surface area contributed by atoms with E-state index in [9.17, 15) is 34.0 Å². The highest BCUT2D eigenvalue weighted by Gasteiger charge is 2.45. The van der Waals surface area contributed by atoms with Crippen molar-refractivity contribution in [2.24, 2.45) is 0 Å². The monoisotopic (exact) mass is 888 g/mol. The molecule has 0 radical (unpaired) electrons. The van der Waals surface area contributed by atoms with E-state index in [1.54, 1.807) is 30.6 Å². The lowest BCUT2D eigenvalue weighted by Crippen LogP contribution is -2.54. The van der Waals surface area contributed by atoms with Crippen LogP contribution in [0.15, 0.2) is 76.6 Å². The summed E-state index contributed by atoms with van der Waals surface area (Å²) >= 11 is 7.92. The quantitative estimate of drug-likeness (QED) is 0.0654. The predicted molar refractivity (Wildman–Crippen MR) is 240 cm³/mol. The number of unbranched alkanes of at least 4 members (excludes halogenated alkanes) is 7. The van der Waals surface area contributed by atoms with E-state index in [2.05, 4.69) is 21.8 Å². The normalized spacial score (nSPS) is 15.0. The lowest BCUT2D eigenvalue weighted by atomic mass is 10.0. The van der Waals surface area contributed by atoms with Gasteiger partial charge in [-0.05, 0) is 68.7 Å². The molecule has 2 aromatic carbocycles. The Morgan fingerprint density at radius 2 is 1.68 bits per heavy atom. The van der Waals surface area contributed by atoms with Gasteiger partial charge in [0.25, 0.3) is 17.4 Å². The van der Waals surface area contributed by atoms with E-state index in [1.165, 1.54) is 31.1 Å². The van der Waals surface area contributed by atoms with Gasteiger partial charge in [0.15, 0.2) is 6.19 Å². The Bertz CT molecular complexity index is 2940. The summed E-state index contributed by atoms with van der Waals surface area (Å²) in [5.41, 5.74) is 3.27. The van der Waals surface area contributed by atoms with E-state index >= 15 is 0 Å². The molecule has 4 aromatic heterocycles. The maximum atomic E-state index is 13.6. The molecule has 0 spiro atoms. The highest BCUT2D eigenvalue weighted by Crippen LogP contribution is 2.39. The molecule has 1 fully saturated rings. The fourth-order valence-electron chi connectivity index (χ4n) is 8.47. The fraction of sp³-hybridized carbons (Fsp3) is 0.348. The van der Waals surface area contributed by atoms with Gasteiger partial charge >= 0.3 is 5.69 Å². The zero-order chi connectivity index (χ0) is 44.2. The molecule has 17 heteroatoms. The summed E-state index contributed by atoms with van der Waals surface area (Å²) < 4.78 is 11.0. The molecule has 6 aromatic rings. The van der Waals surface area contributed by atoms with Crippen molar-refractivity contribution in [2.75, 3.05) is 18.5 Å². The number of amides is 4. The summed E-state index contributed by atoms with van der Waals surface area (Å²) in [7, 11) is 0. The SMILES string of the molecule is CCn1c(OCCCCCCCCCCNc2cccc3c2C(=O)N(C2CCC(=O)NC2=O)C3=O)cc(=O)n(Cc2cc3nccc(-c4cc(Cl)cc5ccn(C#N)c45)c3s2)c1=O. The molecule has 2 aliphatic heterocycles. The van der Waals surface area contributed by atoms with Gasteiger partial charge in [-0.15, -0.1) is 11.3 Å². The molecule has 1 saturated heterocycles. The van der Waals surface area contributed by atoms with Crippen LogP contribution in [0.4, 0.5) is 5.69 Å². The van der Waals surface area contributed by atoms with Gasteiger partial charge in [0.1, 0.15) is 6.04 Å². The van der Waals surface area contributed by atoms with Crippen LogP contribution in [0.1, 0.15) is 96.7 Å². The number of fused-ring (bicyclic) bond motifs is 3. The minimum Gasteiger partial charge on any atom is -0.479 e. The number of aromatic nitrogens is 4. The zero-order valence-electron chi connectivity index (χ0n) is 34.7. The van der Waals surface area contributed by atoms with Crippen molar-refractivity contribution >= 4 is 73.4 Å². The van der Waals surface area contributed by atoms with Crippen LogP contribution in [0.3, 0.4) is 0 Å². The van der Waals surface area contributed by atoms with Crippen molar-refractivity contribution < 1.29 is 23.9 Å². The number of nitrogens with one attached hydrogen (secondary N) is 2. The number of imide groups is 2. The number of rotatable bonds is 18. The number of hydrogen-bond donors (Lipinski definition) is 2. The fourth-order valence-corrected chi connectivity index (χ4v) is 9.83. The lowest BCUT2D eigenvalue weighted by Gasteiger charge is -2.27. The van der Waals surface area contributed by atoms with Crippen LogP contribution >= 0.6 is 22.9 Å². The Morgan fingerprint density at radius 3 is 2.44 bits per heavy atom. The summed E-state index contributed by atoms with van der Waals surface area (Å²) in [5.74, 6) is -1.83. The van der Waals surface area contributed by atoms with Crippen molar-refractivity contribution in [1.29, 1.82) is 5.26 Å². The van der Waals surface area contributed by atoms with Crippen molar-refractivity contribution in [3.8, 4) is 23.2 Å². The third-order valence-corrected chi connectivity index (χ3v) is 12.9. The van der Waals surface area contributed by atoms with Gasteiger partial charge in [-0.1, -0.05) is 56.2 Å². The molecule has 0 bridgehead atoms. The van der Waals surface area contributed by atoms with E-state index in [-0.39, 0.29) is 36.4 Å². The summed E-state index contributed by atoms with van der Waals surface area (Å²) in [6.07, 6.45) is 13.6. The Balaban J connectivity index is 0.778. The molecule has 2 aliphatic rings. The summed E-state index contributed by atoms with van der Waals surface area (Å²) in [4.78, 5) is 83.7. The third-order valence-electron chi connectivity index (χ3n) is 11.6. The highest BCUT2D eigenvalue weighted by molar-refractivity contribution is 7.19. The highest BCUT2D eigenvalue weighted by atomic mass is 35.5. The van der Waals surface area contributed by atoms with Crippen LogP contribution in [-0.2, 0) is 22.7 Å². The summed E-state index contributed by atoms with van der Waals surface area (Å²) in [6, 6.07) is 14.7. The van der Waals surface area contributed by atoms with E-state index in [0.717, 1.165) is 87.9 Å². The standard InChI is InChI=1S/C46H45ClN8O7S/c1-2-53-39(25-38(57)54(46(53)61)26-30-24-35-42(63-30)31(16-19-50-35)33-23-29(47)22-28-17-20-52(27-48)41(28)33)62-21-10-8-6-4-3-5-7-9-18-49-34-13-11-12-32-40(34)45(60)55(44(32)59)36-14-15-37(56)51-43(36)58/h11-13,16-17,19-20,22-25,36,49H,2-10,14-15,18,21,26H2,1H3,(H,51,56,58). The number of nitrogens with zero attached hydrogens (tertiary/aromatic N) is 6. The Kier molecular flexibility index (Phi) is 12.9. The van der Waals surface area contributed by atoms with Crippen LogP contribution < -0.4 is 26.6 Å². The first-order valence-electron chi connectivity index (χ1n) is 21.2. The minimum atomic E-state index is -0.999. The molecule has 0 saturated carbocycles. The molecule has 15 nitrogen and oxygen atoms in total. The smallest absolute Gasteiger partial charge is 0.334 e. The summed E-state index contributed by atoms with van der Waals surface area (Å²) in [6.45, 7) is 3.25. The van der Waals surface area contributed by atoms with Crippen molar-refractivity contribution in [2.45, 2.75) is 90.3 Å². The number of nitriles is 1. The third kappa shape index (κ3) is 8.76. The van der Waals surface area contributed by atoms with Crippen molar-refractivity contribution in [1.82, 2.24) is 28.9 Å². The summed E-state index contributed by atoms with van der Waals surface area (Å²) in [5, 5.41) is 16.6. The Morgan fingerprint density at radius 1 is 0.905 bits per heavy atom. The number of thiophene rings is 1. The Labute approximate surface area is 370 Å². The first kappa shape index (κ1) is 43.1. The van der Waals surface area contributed by atoms with Crippen molar-refractivity contribution in [3.63, 3.8) is 0 Å². The zero-order valence-corrected chi connectivity index (χ0v) is 36.2. The molecule has 1 unspecified atom stereocenters. The van der Waals surface area contributed by atoms with Crippen LogP contribution in [0.5, 0.6) is 5.88 Å². The van der Waals surface area contributed by atoms with Crippen LogP contribution in [0.2, 0.25) is 5.02 Å². The number of carbonyl (C=O) groups excluding carboxylic acids is 4. The average molecular weight is 889 g/mol. The number of halogens is 1. The van der Waals surface area contributed by atoms with Crippen LogP contribution in [0, 0.1) is 11.5 Å². The second-order valence-corrected chi connectivity index (χ2v) is 17.2. The molecule has 324 valence electrons. The van der Waals surface area contributed by atoms with Crippen LogP contribution in [0.25, 0.3) is 32.2 Å². The molecule has 4 amide bonds. The molecular formula is C46H45ClN8O7S. The van der Waals surface area contributed by atoms with Gasteiger partial charge in [-0.2, -0.15) is 5.26 Å². The molecule has 2 N–H and O–H groups in total. The van der Waals surface area contributed by atoms with E-state index in [4.69, 9.17) is 16.3 Å². The van der Waals surface area contributed by atoms with Gasteiger partial charge in [0.2, 0.25) is 17.7 Å². The molecule has 8 rings (SSSR count). The lowest BCUT2D eigenvalue weighted by molar-refractivity contribution is -0.136. The van der Waals surface area contributed by atoms with Crippen molar-refractivity contribution in [3.05, 3.63) is 109 Å². The predicted octanol–water partition coefficient (Wildman–Crippen LogP) is 7.31. The largest absolute Gasteiger partial charge is 0.479 e. The first-order valence-corrected chi connectivity index (χ1v) is 22.4. The molecule has 0 aliphatic carbocycles. The average Bonchev–Trinajstić information content (AvgIpc) is 3.96. The number of hydrogen-bond acceptors (Lipinski definition) is 11. The topological polar surface area (TPSA) is 190 Å². The number of pyridine rings is 1. The molecule has 63 heavy (non-hydrogen) atoms. The number of benzene rings is 2. The molecular weight excluding hydrogens is 844 g/mol. The second kappa shape index (κ2) is 18.8. The van der Waals surface area contributed by atoms with Gasteiger partial charge in [-0.25, -0.2) is 4.79 Å². The minimum absolute atomic E-state index is 0.0689.